The van der Waals surface area contributed by atoms with E-state index in [4.69, 9.17) is 14.7 Å². The Morgan fingerprint density at radius 2 is 2.00 bits per heavy atom. The van der Waals surface area contributed by atoms with Crippen molar-refractivity contribution in [1.82, 2.24) is 4.98 Å². The van der Waals surface area contributed by atoms with Crippen LogP contribution in [0.4, 0.5) is 11.5 Å². The first-order valence-electron chi connectivity index (χ1n) is 7.96. The number of ether oxygens (including phenoxy) is 2. The summed E-state index contributed by atoms with van der Waals surface area (Å²) in [7, 11) is 0. The summed E-state index contributed by atoms with van der Waals surface area (Å²) < 4.78 is 10.7. The van der Waals surface area contributed by atoms with Crippen LogP contribution in [0.25, 0.3) is 0 Å². The number of amides is 1. The van der Waals surface area contributed by atoms with Gasteiger partial charge in [0.2, 0.25) is 0 Å². The number of hydrogen-bond donors (Lipinski definition) is 1. The van der Waals surface area contributed by atoms with Crippen molar-refractivity contribution in [3.05, 3.63) is 48.2 Å². The number of morpholine rings is 1. The Balaban J connectivity index is 1.49. The highest BCUT2D eigenvalue weighted by Gasteiger charge is 2.12. The zero-order valence-corrected chi connectivity index (χ0v) is 13.6. The highest BCUT2D eigenvalue weighted by molar-refractivity contribution is 5.91. The van der Waals surface area contributed by atoms with E-state index < -0.39 is 0 Å². The molecule has 0 atom stereocenters. The number of rotatable bonds is 5. The number of aromatic nitrogens is 1. The molecule has 0 radical (unpaired) electrons. The molecule has 1 N–H and O–H groups in total. The maximum atomic E-state index is 12.0. The predicted molar refractivity (Wildman–Crippen MR) is 92.6 cm³/mol. The summed E-state index contributed by atoms with van der Waals surface area (Å²) >= 11 is 0. The zero-order chi connectivity index (χ0) is 17.5. The predicted octanol–water partition coefficient (Wildman–Crippen LogP) is 1.81. The molecular formula is C18H18N4O3. The van der Waals surface area contributed by atoms with Crippen molar-refractivity contribution >= 4 is 17.4 Å². The van der Waals surface area contributed by atoms with Crippen molar-refractivity contribution in [3.63, 3.8) is 0 Å². The molecule has 1 aromatic heterocycles. The van der Waals surface area contributed by atoms with Crippen molar-refractivity contribution in [3.8, 4) is 11.8 Å². The van der Waals surface area contributed by atoms with Gasteiger partial charge in [0.05, 0.1) is 36.7 Å². The Hall–Kier alpha value is -3.11. The lowest BCUT2D eigenvalue weighted by atomic mass is 10.2. The van der Waals surface area contributed by atoms with E-state index >= 15 is 0 Å². The molecule has 7 heteroatoms. The van der Waals surface area contributed by atoms with Gasteiger partial charge in [0.25, 0.3) is 5.91 Å². The van der Waals surface area contributed by atoms with Gasteiger partial charge in [-0.1, -0.05) is 0 Å². The van der Waals surface area contributed by atoms with E-state index in [0.717, 1.165) is 18.9 Å². The molecule has 1 aromatic carbocycles. The Labute approximate surface area is 145 Å². The molecule has 0 bridgehead atoms. The molecule has 0 unspecified atom stereocenters. The SMILES string of the molecule is N#Cc1ccc(OCC(=O)Nc2ccc(N3CCOCC3)nc2)cc1. The van der Waals surface area contributed by atoms with E-state index in [9.17, 15) is 4.79 Å². The van der Waals surface area contributed by atoms with Gasteiger partial charge in [-0.2, -0.15) is 5.26 Å². The van der Waals surface area contributed by atoms with Crippen LogP contribution < -0.4 is 15.0 Å². The van der Waals surface area contributed by atoms with Crippen molar-refractivity contribution in [2.24, 2.45) is 0 Å². The minimum absolute atomic E-state index is 0.114. The van der Waals surface area contributed by atoms with E-state index in [0.29, 0.717) is 30.2 Å². The van der Waals surface area contributed by atoms with Gasteiger partial charge in [0.15, 0.2) is 6.61 Å². The second-order valence-electron chi connectivity index (χ2n) is 5.48. The summed E-state index contributed by atoms with van der Waals surface area (Å²) in [6.07, 6.45) is 1.63. The summed E-state index contributed by atoms with van der Waals surface area (Å²) in [6.45, 7) is 2.92. The van der Waals surface area contributed by atoms with Crippen LogP contribution in [0.15, 0.2) is 42.6 Å². The van der Waals surface area contributed by atoms with Crippen LogP contribution in [0.5, 0.6) is 5.75 Å². The monoisotopic (exact) mass is 338 g/mol. The summed E-state index contributed by atoms with van der Waals surface area (Å²) in [6, 6.07) is 12.3. The Bertz CT molecular complexity index is 747. The van der Waals surface area contributed by atoms with Crippen molar-refractivity contribution in [2.45, 2.75) is 0 Å². The molecule has 0 aliphatic carbocycles. The largest absolute Gasteiger partial charge is 0.484 e. The van der Waals surface area contributed by atoms with Crippen LogP contribution in [0.1, 0.15) is 5.56 Å². The van der Waals surface area contributed by atoms with Gasteiger partial charge in [-0.25, -0.2) is 4.98 Å². The summed E-state index contributed by atoms with van der Waals surface area (Å²) in [4.78, 5) is 18.5. The van der Waals surface area contributed by atoms with Crippen LogP contribution >= 0.6 is 0 Å². The van der Waals surface area contributed by atoms with Crippen LogP contribution in [-0.4, -0.2) is 43.8 Å². The molecule has 128 valence electrons. The number of carbonyl (C=O) groups is 1. The molecule has 7 nitrogen and oxygen atoms in total. The zero-order valence-electron chi connectivity index (χ0n) is 13.6. The number of pyridine rings is 1. The molecule has 2 heterocycles. The number of benzene rings is 1. The molecular weight excluding hydrogens is 320 g/mol. The number of hydrogen-bond acceptors (Lipinski definition) is 6. The molecule has 0 spiro atoms. The minimum atomic E-state index is -0.273. The van der Waals surface area contributed by atoms with E-state index in [1.807, 2.05) is 18.2 Å². The van der Waals surface area contributed by atoms with E-state index in [1.54, 1.807) is 30.5 Å². The number of nitriles is 1. The fourth-order valence-corrected chi connectivity index (χ4v) is 2.41. The first-order valence-corrected chi connectivity index (χ1v) is 7.96. The molecule has 0 saturated carbocycles. The second-order valence-corrected chi connectivity index (χ2v) is 5.48. The maximum absolute atomic E-state index is 12.0. The second kappa shape index (κ2) is 8.13. The first-order chi connectivity index (χ1) is 12.2. The highest BCUT2D eigenvalue weighted by Crippen LogP contribution is 2.16. The average Bonchev–Trinajstić information content (AvgIpc) is 2.68. The lowest BCUT2D eigenvalue weighted by Crippen LogP contribution is -2.36. The Morgan fingerprint density at radius 1 is 1.24 bits per heavy atom. The van der Waals surface area contributed by atoms with Crippen LogP contribution in [-0.2, 0) is 9.53 Å². The van der Waals surface area contributed by atoms with E-state index in [1.165, 1.54) is 0 Å². The molecule has 25 heavy (non-hydrogen) atoms. The summed E-state index contributed by atoms with van der Waals surface area (Å²) in [5.41, 5.74) is 1.16. The van der Waals surface area contributed by atoms with Gasteiger partial charge < -0.3 is 19.7 Å². The van der Waals surface area contributed by atoms with E-state index in [-0.39, 0.29) is 12.5 Å². The lowest BCUT2D eigenvalue weighted by Gasteiger charge is -2.27. The lowest BCUT2D eigenvalue weighted by molar-refractivity contribution is -0.118. The maximum Gasteiger partial charge on any atom is 0.262 e. The Morgan fingerprint density at radius 3 is 2.64 bits per heavy atom. The van der Waals surface area contributed by atoms with E-state index in [2.05, 4.69) is 15.2 Å². The molecule has 1 aliphatic heterocycles. The third-order valence-corrected chi connectivity index (χ3v) is 3.72. The first kappa shape index (κ1) is 16.7. The quantitative estimate of drug-likeness (QED) is 0.894. The molecule has 1 saturated heterocycles. The van der Waals surface area contributed by atoms with Crippen molar-refractivity contribution in [1.29, 1.82) is 5.26 Å². The number of anilines is 2. The molecule has 1 amide bonds. The van der Waals surface area contributed by atoms with Gasteiger partial charge in [-0.3, -0.25) is 4.79 Å². The molecule has 1 aliphatic rings. The van der Waals surface area contributed by atoms with Crippen LogP contribution in [0.2, 0.25) is 0 Å². The van der Waals surface area contributed by atoms with Crippen LogP contribution in [0.3, 0.4) is 0 Å². The fraction of sp³-hybridized carbons (Fsp3) is 0.278. The third-order valence-electron chi connectivity index (χ3n) is 3.72. The van der Waals surface area contributed by atoms with Gasteiger partial charge in [0.1, 0.15) is 11.6 Å². The molecule has 2 aromatic rings. The molecule has 1 fully saturated rings. The normalized spacial score (nSPS) is 13.8. The van der Waals surface area contributed by atoms with Gasteiger partial charge >= 0.3 is 0 Å². The number of nitrogens with zero attached hydrogens (tertiary/aromatic N) is 3. The van der Waals surface area contributed by atoms with Gasteiger partial charge in [-0.15, -0.1) is 0 Å². The highest BCUT2D eigenvalue weighted by atomic mass is 16.5. The number of carbonyl (C=O) groups excluding carboxylic acids is 1. The molecule has 3 rings (SSSR count). The Kier molecular flexibility index (Phi) is 5.44. The standard InChI is InChI=1S/C18H18N4O3/c19-11-14-1-4-16(5-2-14)25-13-18(23)21-15-3-6-17(20-12-15)22-7-9-24-10-8-22/h1-6,12H,7-10,13H2,(H,21,23). The van der Waals surface area contributed by atoms with Gasteiger partial charge in [-0.05, 0) is 36.4 Å². The van der Waals surface area contributed by atoms with Crippen LogP contribution in [0, 0.1) is 11.3 Å². The van der Waals surface area contributed by atoms with Crippen molar-refractivity contribution in [2.75, 3.05) is 43.1 Å². The smallest absolute Gasteiger partial charge is 0.262 e. The van der Waals surface area contributed by atoms with Crippen molar-refractivity contribution < 1.29 is 14.3 Å². The summed E-state index contributed by atoms with van der Waals surface area (Å²) in [5.74, 6) is 1.13. The minimum Gasteiger partial charge on any atom is -0.484 e. The summed E-state index contributed by atoms with van der Waals surface area (Å²) in [5, 5.41) is 11.5. The topological polar surface area (TPSA) is 87.5 Å². The van der Waals surface area contributed by atoms with Gasteiger partial charge in [0, 0.05) is 13.1 Å². The fourth-order valence-electron chi connectivity index (χ4n) is 2.41. The number of nitrogens with one attached hydrogen (secondary N) is 1. The third kappa shape index (κ3) is 4.68. The average molecular weight is 338 g/mol.